The number of carbonyl (C=O) groups excluding carboxylic acids is 1. The number of rotatable bonds is 4. The minimum absolute atomic E-state index is 0.0948. The fourth-order valence-electron chi connectivity index (χ4n) is 2.39. The minimum atomic E-state index is -3.90. The van der Waals surface area contributed by atoms with Crippen LogP contribution in [0.1, 0.15) is 16.8 Å². The standard InChI is InChI=1S/C13H15BrClNO4S/c1-20-8-9-4-5-16(7-9)13(17)10-2-3-11(14)12(6-10)21(15,18)19/h2-3,6,9H,4-5,7-8H2,1H3. The Morgan fingerprint density at radius 3 is 2.86 bits per heavy atom. The average molecular weight is 397 g/mol. The molecular weight excluding hydrogens is 382 g/mol. The maximum Gasteiger partial charge on any atom is 0.262 e. The van der Waals surface area contributed by atoms with Crippen molar-refractivity contribution in [2.75, 3.05) is 26.8 Å². The Morgan fingerprint density at radius 1 is 1.52 bits per heavy atom. The average Bonchev–Trinajstić information content (AvgIpc) is 2.86. The second-order valence-corrected chi connectivity index (χ2v) is 8.33. The number of amides is 1. The molecule has 0 aromatic heterocycles. The van der Waals surface area contributed by atoms with Crippen LogP contribution in [-0.2, 0) is 13.8 Å². The lowest BCUT2D eigenvalue weighted by atomic mass is 10.1. The molecule has 5 nitrogen and oxygen atoms in total. The Morgan fingerprint density at radius 2 is 2.24 bits per heavy atom. The summed E-state index contributed by atoms with van der Waals surface area (Å²) in [5, 5.41) is 0. The highest BCUT2D eigenvalue weighted by atomic mass is 79.9. The van der Waals surface area contributed by atoms with Gasteiger partial charge in [-0.1, -0.05) is 0 Å². The maximum atomic E-state index is 12.4. The van der Waals surface area contributed by atoms with Crippen LogP contribution < -0.4 is 0 Å². The van der Waals surface area contributed by atoms with Gasteiger partial charge in [0.25, 0.3) is 15.0 Å². The van der Waals surface area contributed by atoms with Gasteiger partial charge in [-0.2, -0.15) is 0 Å². The molecule has 8 heteroatoms. The molecule has 0 N–H and O–H groups in total. The molecule has 2 rings (SSSR count). The van der Waals surface area contributed by atoms with E-state index in [9.17, 15) is 13.2 Å². The lowest BCUT2D eigenvalue weighted by Crippen LogP contribution is -2.29. The third-order valence-electron chi connectivity index (χ3n) is 3.42. The van der Waals surface area contributed by atoms with Crippen LogP contribution in [0.5, 0.6) is 0 Å². The van der Waals surface area contributed by atoms with E-state index in [1.807, 2.05) is 0 Å². The molecule has 21 heavy (non-hydrogen) atoms. The smallest absolute Gasteiger partial charge is 0.262 e. The zero-order valence-electron chi connectivity index (χ0n) is 11.4. The van der Waals surface area contributed by atoms with Crippen molar-refractivity contribution in [1.82, 2.24) is 4.90 Å². The van der Waals surface area contributed by atoms with E-state index in [4.69, 9.17) is 15.4 Å². The van der Waals surface area contributed by atoms with Gasteiger partial charge < -0.3 is 9.64 Å². The van der Waals surface area contributed by atoms with Crippen molar-refractivity contribution >= 4 is 41.6 Å². The van der Waals surface area contributed by atoms with Crippen LogP contribution >= 0.6 is 26.6 Å². The fraction of sp³-hybridized carbons (Fsp3) is 0.462. The molecule has 0 spiro atoms. The predicted octanol–water partition coefficient (Wildman–Crippen LogP) is 2.49. The Hall–Kier alpha value is -0.630. The van der Waals surface area contributed by atoms with E-state index >= 15 is 0 Å². The number of ether oxygens (including phenoxy) is 1. The number of hydrogen-bond donors (Lipinski definition) is 0. The molecule has 1 unspecified atom stereocenters. The van der Waals surface area contributed by atoms with Gasteiger partial charge in [-0.3, -0.25) is 4.79 Å². The van der Waals surface area contributed by atoms with Gasteiger partial charge in [-0.05, 0) is 40.5 Å². The highest BCUT2D eigenvalue weighted by Gasteiger charge is 2.27. The Labute approximate surface area is 136 Å². The molecule has 0 radical (unpaired) electrons. The number of methoxy groups -OCH3 is 1. The van der Waals surface area contributed by atoms with Crippen LogP contribution in [0.15, 0.2) is 27.6 Å². The number of hydrogen-bond acceptors (Lipinski definition) is 4. The summed E-state index contributed by atoms with van der Waals surface area (Å²) in [7, 11) is 3.10. The van der Waals surface area contributed by atoms with Gasteiger partial charge in [0.05, 0.1) is 11.5 Å². The summed E-state index contributed by atoms with van der Waals surface area (Å²) in [6.45, 7) is 1.88. The van der Waals surface area contributed by atoms with Crippen molar-refractivity contribution in [2.24, 2.45) is 5.92 Å². The molecule has 1 atom stereocenters. The van der Waals surface area contributed by atoms with E-state index in [0.717, 1.165) is 6.42 Å². The van der Waals surface area contributed by atoms with E-state index in [2.05, 4.69) is 15.9 Å². The maximum absolute atomic E-state index is 12.4. The first-order valence-corrected chi connectivity index (χ1v) is 9.45. The summed E-state index contributed by atoms with van der Waals surface area (Å²) in [4.78, 5) is 14.0. The predicted molar refractivity (Wildman–Crippen MR) is 83.1 cm³/mol. The van der Waals surface area contributed by atoms with E-state index in [1.165, 1.54) is 12.1 Å². The fourth-order valence-corrected chi connectivity index (χ4v) is 4.51. The van der Waals surface area contributed by atoms with Gasteiger partial charge in [0.15, 0.2) is 0 Å². The third-order valence-corrected chi connectivity index (χ3v) is 5.73. The summed E-state index contributed by atoms with van der Waals surface area (Å²) in [6.07, 6.45) is 0.886. The summed E-state index contributed by atoms with van der Waals surface area (Å²) in [5.41, 5.74) is 0.315. The molecule has 0 bridgehead atoms. The zero-order valence-corrected chi connectivity index (χ0v) is 14.5. The molecule has 1 saturated heterocycles. The Bertz CT molecular complexity index is 650. The largest absolute Gasteiger partial charge is 0.384 e. The van der Waals surface area contributed by atoms with E-state index in [0.29, 0.717) is 35.7 Å². The van der Waals surface area contributed by atoms with Gasteiger partial charge in [-0.25, -0.2) is 8.42 Å². The third kappa shape index (κ3) is 3.97. The van der Waals surface area contributed by atoms with Crippen LogP contribution in [-0.4, -0.2) is 46.0 Å². The normalized spacial score (nSPS) is 19.0. The van der Waals surface area contributed by atoms with Crippen LogP contribution in [0, 0.1) is 5.92 Å². The number of likely N-dealkylation sites (tertiary alicyclic amines) is 1. The van der Waals surface area contributed by atoms with Crippen molar-refractivity contribution in [2.45, 2.75) is 11.3 Å². The number of carbonyl (C=O) groups is 1. The van der Waals surface area contributed by atoms with E-state index in [-0.39, 0.29) is 10.8 Å². The summed E-state index contributed by atoms with van der Waals surface area (Å²) < 4.78 is 28.4. The van der Waals surface area contributed by atoms with E-state index in [1.54, 1.807) is 18.1 Å². The molecular formula is C13H15BrClNO4S. The lowest BCUT2D eigenvalue weighted by molar-refractivity contribution is 0.0775. The van der Waals surface area contributed by atoms with Gasteiger partial charge in [0.2, 0.25) is 0 Å². The molecule has 1 fully saturated rings. The second-order valence-electron chi connectivity index (χ2n) is 4.94. The van der Waals surface area contributed by atoms with Gasteiger partial charge in [-0.15, -0.1) is 0 Å². The van der Waals surface area contributed by atoms with Crippen LogP contribution in [0.25, 0.3) is 0 Å². The molecule has 1 heterocycles. The molecule has 1 aromatic carbocycles. The number of nitrogens with zero attached hydrogens (tertiary/aromatic N) is 1. The minimum Gasteiger partial charge on any atom is -0.384 e. The first-order valence-electron chi connectivity index (χ1n) is 6.35. The van der Waals surface area contributed by atoms with Crippen molar-refractivity contribution in [3.05, 3.63) is 28.2 Å². The molecule has 1 aliphatic rings. The monoisotopic (exact) mass is 395 g/mol. The van der Waals surface area contributed by atoms with E-state index < -0.39 is 9.05 Å². The van der Waals surface area contributed by atoms with Crippen molar-refractivity contribution in [1.29, 1.82) is 0 Å². The zero-order chi connectivity index (χ0) is 15.6. The molecule has 0 saturated carbocycles. The Kier molecular flexibility index (Phi) is 5.29. The molecule has 1 aliphatic heterocycles. The molecule has 116 valence electrons. The Balaban J connectivity index is 2.21. The summed E-state index contributed by atoms with van der Waals surface area (Å²) in [6, 6.07) is 4.41. The van der Waals surface area contributed by atoms with Crippen LogP contribution in [0.4, 0.5) is 0 Å². The van der Waals surface area contributed by atoms with Crippen molar-refractivity contribution in [3.63, 3.8) is 0 Å². The first kappa shape index (κ1) is 16.7. The number of halogens is 2. The highest BCUT2D eigenvalue weighted by Crippen LogP contribution is 2.27. The number of benzene rings is 1. The quantitative estimate of drug-likeness (QED) is 0.734. The van der Waals surface area contributed by atoms with Crippen LogP contribution in [0.3, 0.4) is 0 Å². The SMILES string of the molecule is COCC1CCN(C(=O)c2ccc(Br)c(S(=O)(=O)Cl)c2)C1. The molecule has 1 amide bonds. The van der Waals surface area contributed by atoms with Gasteiger partial charge in [0.1, 0.15) is 0 Å². The first-order chi connectivity index (χ1) is 9.82. The van der Waals surface area contributed by atoms with Crippen molar-refractivity contribution < 1.29 is 17.9 Å². The summed E-state index contributed by atoms with van der Waals surface area (Å²) in [5.74, 6) is 0.133. The molecule has 0 aliphatic carbocycles. The van der Waals surface area contributed by atoms with Gasteiger partial charge >= 0.3 is 0 Å². The topological polar surface area (TPSA) is 63.7 Å². The molecule has 1 aromatic rings. The lowest BCUT2D eigenvalue weighted by Gasteiger charge is -2.17. The second kappa shape index (κ2) is 6.64. The van der Waals surface area contributed by atoms with Crippen molar-refractivity contribution in [3.8, 4) is 0 Å². The highest BCUT2D eigenvalue weighted by molar-refractivity contribution is 9.10. The summed E-state index contributed by atoms with van der Waals surface area (Å²) >= 11 is 3.12. The van der Waals surface area contributed by atoms with Crippen LogP contribution in [0.2, 0.25) is 0 Å². The van der Waals surface area contributed by atoms with Gasteiger partial charge in [0, 0.05) is 46.8 Å².